The number of nitrogens with one attached hydrogen (secondary N) is 3. The van der Waals surface area contributed by atoms with Crippen LogP contribution in [0.5, 0.6) is 0 Å². The van der Waals surface area contributed by atoms with Crippen LogP contribution in [0.15, 0.2) is 44.0 Å². The van der Waals surface area contributed by atoms with Crippen molar-refractivity contribution < 1.29 is 24.7 Å². The highest BCUT2D eigenvalue weighted by atomic mass is 35.5. The fraction of sp³-hybridized carbons (Fsp3) is 0.250. The molecule has 9 N–H and O–H groups in total. The van der Waals surface area contributed by atoms with Crippen LogP contribution < -0.4 is 22.1 Å². The van der Waals surface area contributed by atoms with E-state index in [1.807, 2.05) is 0 Å². The van der Waals surface area contributed by atoms with Crippen molar-refractivity contribution in [3.63, 3.8) is 0 Å². The van der Waals surface area contributed by atoms with Gasteiger partial charge in [-0.3, -0.25) is 24.9 Å². The molecule has 0 radical (unpaired) electrons. The molecule has 2 amide bonds. The molecule has 2 aliphatic rings. The summed E-state index contributed by atoms with van der Waals surface area (Å²) in [6.45, 7) is 0.458. The van der Waals surface area contributed by atoms with E-state index in [4.69, 9.17) is 28.5 Å². The van der Waals surface area contributed by atoms with Crippen molar-refractivity contribution in [2.75, 3.05) is 23.8 Å². The zero-order chi connectivity index (χ0) is 28.3. The van der Waals surface area contributed by atoms with Crippen LogP contribution in [0.2, 0.25) is 4.34 Å². The number of carbonyl (C=O) groups is 3. The summed E-state index contributed by atoms with van der Waals surface area (Å²) in [5.41, 5.74) is 10.1. The van der Waals surface area contributed by atoms with E-state index in [-0.39, 0.29) is 32.6 Å². The number of carboxylic acids is 1. The highest BCUT2D eigenvalue weighted by molar-refractivity contribution is 8.07. The molecule has 39 heavy (non-hydrogen) atoms. The Kier molecular flexibility index (Phi) is 9.11. The third-order valence-electron chi connectivity index (χ3n) is 5.22. The molecular weight excluding hydrogens is 610 g/mol. The number of guanidine groups is 1. The standard InChI is InChI=1S/C20H20ClN9O5S4/c21-14-10(28-20(24)39-14)11(29-35)15(31)27-12-16(32)30-13(18(33)34)9(6-37-17(12)30)38-7-1-2-25-5-8(7)36-4-3-26-19(22)23/h1-2,5,12,17,35H,3-4,6H2,(H2,24,28)(H,27,31)(H,33,34)(H4,22,23,26)/b29-11-/t12-,17+/m1/s1. The summed E-state index contributed by atoms with van der Waals surface area (Å²) in [7, 11) is 0. The molecule has 1 saturated heterocycles. The second-order valence-corrected chi connectivity index (χ2v) is 12.7. The summed E-state index contributed by atoms with van der Waals surface area (Å²) in [5, 5.41) is 34.1. The zero-order valence-electron chi connectivity index (χ0n) is 19.6. The minimum atomic E-state index is -1.28. The van der Waals surface area contributed by atoms with Gasteiger partial charge in [-0.15, -0.1) is 23.5 Å². The van der Waals surface area contributed by atoms with Crippen LogP contribution in [-0.4, -0.2) is 84.1 Å². The van der Waals surface area contributed by atoms with E-state index in [2.05, 4.69) is 25.8 Å². The molecule has 1 fully saturated rings. The molecule has 4 rings (SSSR count). The van der Waals surface area contributed by atoms with Crippen molar-refractivity contribution in [2.45, 2.75) is 21.2 Å². The summed E-state index contributed by atoms with van der Waals surface area (Å²) in [5.74, 6) is -2.10. The number of hydrogen-bond acceptors (Lipinski definition) is 13. The third-order valence-corrected chi connectivity index (χ3v) is 10.1. The SMILES string of the molecule is N=C(N)NCCSc1cnccc1SC1=C(C(=O)O)N2C(=O)[C@@H](NC(=O)/C(=N\O)c3nc(N)sc3Cl)[C@@H]2SC1. The van der Waals surface area contributed by atoms with Gasteiger partial charge in [0, 0.05) is 45.1 Å². The summed E-state index contributed by atoms with van der Waals surface area (Å²) >= 11 is 10.9. The number of thiazole rings is 1. The van der Waals surface area contributed by atoms with Gasteiger partial charge in [-0.25, -0.2) is 9.78 Å². The van der Waals surface area contributed by atoms with Gasteiger partial charge in [0.15, 0.2) is 16.8 Å². The van der Waals surface area contributed by atoms with Crippen molar-refractivity contribution >= 4 is 92.8 Å². The number of nitrogens with two attached hydrogens (primary N) is 2. The molecule has 14 nitrogen and oxygen atoms in total. The van der Waals surface area contributed by atoms with Crippen molar-refractivity contribution in [1.82, 2.24) is 25.5 Å². The summed E-state index contributed by atoms with van der Waals surface area (Å²) in [6.07, 6.45) is 3.24. The van der Waals surface area contributed by atoms with Crippen molar-refractivity contribution in [1.29, 1.82) is 5.41 Å². The lowest BCUT2D eigenvalue weighted by Crippen LogP contribution is -2.71. The predicted molar refractivity (Wildman–Crippen MR) is 150 cm³/mol. The maximum absolute atomic E-state index is 13.0. The van der Waals surface area contributed by atoms with Crippen LogP contribution in [0.3, 0.4) is 0 Å². The van der Waals surface area contributed by atoms with Crippen LogP contribution in [0.4, 0.5) is 5.13 Å². The topological polar surface area (TPSA) is 233 Å². The second-order valence-electron chi connectivity index (χ2n) is 7.67. The highest BCUT2D eigenvalue weighted by Crippen LogP contribution is 2.46. The lowest BCUT2D eigenvalue weighted by atomic mass is 10.0. The number of nitrogens with zero attached hydrogens (tertiary/aromatic N) is 4. The number of pyridine rings is 1. The van der Waals surface area contributed by atoms with E-state index < -0.39 is 34.9 Å². The van der Waals surface area contributed by atoms with Crippen molar-refractivity contribution in [2.24, 2.45) is 10.9 Å². The molecule has 0 saturated carbocycles. The molecule has 0 aromatic carbocycles. The minimum absolute atomic E-state index is 0.0329. The molecule has 2 aromatic heterocycles. The first kappa shape index (κ1) is 28.8. The van der Waals surface area contributed by atoms with Gasteiger partial charge in [0.2, 0.25) is 0 Å². The fourth-order valence-electron chi connectivity index (χ4n) is 3.58. The lowest BCUT2D eigenvalue weighted by Gasteiger charge is -2.49. The molecule has 206 valence electrons. The number of oxime groups is 1. The monoisotopic (exact) mass is 629 g/mol. The number of aliphatic carboxylic acids is 1. The molecule has 19 heteroatoms. The van der Waals surface area contributed by atoms with Gasteiger partial charge in [-0.05, 0) is 6.07 Å². The fourth-order valence-corrected chi connectivity index (χ4v) is 8.05. The largest absolute Gasteiger partial charge is 0.477 e. The molecule has 2 aliphatic heterocycles. The number of β-lactam (4-membered cyclic amide) rings is 1. The average Bonchev–Trinajstić information content (AvgIpc) is 3.23. The Morgan fingerprint density at radius 2 is 2.15 bits per heavy atom. The van der Waals surface area contributed by atoms with Crippen LogP contribution in [-0.2, 0) is 14.4 Å². The van der Waals surface area contributed by atoms with E-state index in [1.165, 1.54) is 35.3 Å². The number of anilines is 1. The van der Waals surface area contributed by atoms with Crippen molar-refractivity contribution in [3.8, 4) is 0 Å². The maximum Gasteiger partial charge on any atom is 0.353 e. The van der Waals surface area contributed by atoms with E-state index >= 15 is 0 Å². The predicted octanol–water partition coefficient (Wildman–Crippen LogP) is 1.02. The zero-order valence-corrected chi connectivity index (χ0v) is 23.6. The number of fused-ring (bicyclic) bond motifs is 1. The molecular formula is C20H20ClN9O5S4. The lowest BCUT2D eigenvalue weighted by molar-refractivity contribution is -0.150. The Bertz CT molecular complexity index is 1400. The minimum Gasteiger partial charge on any atom is -0.477 e. The van der Waals surface area contributed by atoms with Crippen LogP contribution in [0, 0.1) is 5.41 Å². The molecule has 0 aliphatic carbocycles. The quantitative estimate of drug-likeness (QED) is 0.0370. The first-order valence-corrected chi connectivity index (χ1v) is 14.9. The average molecular weight is 630 g/mol. The van der Waals surface area contributed by atoms with Crippen LogP contribution in [0.25, 0.3) is 0 Å². The van der Waals surface area contributed by atoms with Gasteiger partial charge in [0.1, 0.15) is 27.1 Å². The number of hydrogen-bond donors (Lipinski definition) is 7. The number of carbonyl (C=O) groups excluding carboxylic acids is 2. The Labute approximate surface area is 242 Å². The van der Waals surface area contributed by atoms with Gasteiger partial charge >= 0.3 is 5.97 Å². The Hall–Kier alpha value is -3.19. The summed E-state index contributed by atoms with van der Waals surface area (Å²) < 4.78 is 0.0329. The van der Waals surface area contributed by atoms with Gasteiger partial charge in [0.05, 0.1) is 0 Å². The van der Waals surface area contributed by atoms with Crippen LogP contribution >= 0.6 is 58.2 Å². The maximum atomic E-state index is 13.0. The summed E-state index contributed by atoms with van der Waals surface area (Å²) in [4.78, 5) is 49.2. The first-order chi connectivity index (χ1) is 18.6. The Morgan fingerprint density at radius 1 is 1.38 bits per heavy atom. The van der Waals surface area contributed by atoms with Crippen molar-refractivity contribution in [3.05, 3.63) is 39.1 Å². The van der Waals surface area contributed by atoms with E-state index in [0.29, 0.717) is 17.2 Å². The number of nitrogen functional groups attached to an aromatic ring is 1. The Balaban J connectivity index is 1.49. The number of aromatic nitrogens is 2. The number of thioether (sulfide) groups is 3. The number of carboxylic acid groups (broad SMARTS) is 1. The third kappa shape index (κ3) is 6.19. The van der Waals surface area contributed by atoms with E-state index in [0.717, 1.165) is 26.0 Å². The van der Waals surface area contributed by atoms with Gasteiger partial charge in [0.25, 0.3) is 11.8 Å². The first-order valence-electron chi connectivity index (χ1n) is 10.8. The second kappa shape index (κ2) is 12.3. The molecule has 4 heterocycles. The molecule has 0 unspecified atom stereocenters. The molecule has 0 bridgehead atoms. The smallest absolute Gasteiger partial charge is 0.353 e. The normalized spacial score (nSPS) is 18.8. The van der Waals surface area contributed by atoms with Crippen LogP contribution in [0.1, 0.15) is 5.69 Å². The summed E-state index contributed by atoms with van der Waals surface area (Å²) in [6, 6.07) is 0.692. The molecule has 2 atom stereocenters. The number of rotatable bonds is 10. The molecule has 2 aromatic rings. The van der Waals surface area contributed by atoms with E-state index in [1.54, 1.807) is 18.5 Å². The van der Waals surface area contributed by atoms with Gasteiger partial charge in [-0.1, -0.05) is 39.9 Å². The van der Waals surface area contributed by atoms with Gasteiger partial charge < -0.3 is 32.4 Å². The highest BCUT2D eigenvalue weighted by Gasteiger charge is 2.54. The Morgan fingerprint density at radius 3 is 2.79 bits per heavy atom. The van der Waals surface area contributed by atoms with Gasteiger partial charge in [-0.2, -0.15) is 0 Å². The molecule has 0 spiro atoms. The van der Waals surface area contributed by atoms with E-state index in [9.17, 15) is 24.7 Å². The number of halogens is 1. The number of amides is 2.